The van der Waals surface area contributed by atoms with E-state index in [1.165, 1.54) is 6.07 Å². The lowest BCUT2D eigenvalue weighted by Crippen LogP contribution is -2.48. The van der Waals surface area contributed by atoms with Gasteiger partial charge in [-0.25, -0.2) is 4.39 Å². The number of piperazine rings is 1. The van der Waals surface area contributed by atoms with Gasteiger partial charge in [-0.2, -0.15) is 0 Å². The molecule has 23 heavy (non-hydrogen) atoms. The van der Waals surface area contributed by atoms with E-state index in [2.05, 4.69) is 10.1 Å². The number of nitrogens with zero attached hydrogens (tertiary/aromatic N) is 3. The Balaban J connectivity index is 1.57. The Hall–Kier alpha value is -2.21. The monoisotopic (exact) mass is 317 g/mol. The third kappa shape index (κ3) is 3.59. The van der Waals surface area contributed by atoms with Crippen molar-refractivity contribution in [1.29, 1.82) is 0 Å². The highest BCUT2D eigenvalue weighted by molar-refractivity contribution is 5.94. The van der Waals surface area contributed by atoms with Crippen LogP contribution in [0.25, 0.3) is 0 Å². The number of benzene rings is 1. The van der Waals surface area contributed by atoms with Crippen LogP contribution in [0.1, 0.15) is 27.4 Å². The molecule has 2 heterocycles. The van der Waals surface area contributed by atoms with E-state index in [4.69, 9.17) is 4.52 Å². The predicted octanol–water partition coefficient (Wildman–Crippen LogP) is 2.39. The Morgan fingerprint density at radius 1 is 1.22 bits per heavy atom. The van der Waals surface area contributed by atoms with Crippen LogP contribution in [-0.2, 0) is 6.54 Å². The third-order valence-corrected chi connectivity index (χ3v) is 4.13. The van der Waals surface area contributed by atoms with Crippen LogP contribution in [0.3, 0.4) is 0 Å². The highest BCUT2D eigenvalue weighted by Gasteiger charge is 2.23. The molecule has 1 fully saturated rings. The summed E-state index contributed by atoms with van der Waals surface area (Å²) in [6, 6.07) is 6.57. The molecule has 1 aliphatic rings. The highest BCUT2D eigenvalue weighted by Crippen LogP contribution is 2.14. The van der Waals surface area contributed by atoms with E-state index < -0.39 is 0 Å². The van der Waals surface area contributed by atoms with Crippen LogP contribution >= 0.6 is 0 Å². The second-order valence-electron chi connectivity index (χ2n) is 5.97. The van der Waals surface area contributed by atoms with Gasteiger partial charge in [0.15, 0.2) is 5.76 Å². The summed E-state index contributed by atoms with van der Waals surface area (Å²) in [6.45, 7) is 7.06. The SMILES string of the molecule is Cc1cc(CN2CCN(C(=O)c3ccc(C)c(F)c3)CC2)on1. The van der Waals surface area contributed by atoms with Gasteiger partial charge in [0.05, 0.1) is 12.2 Å². The molecule has 0 saturated carbocycles. The van der Waals surface area contributed by atoms with Crippen molar-refractivity contribution < 1.29 is 13.7 Å². The molecule has 6 heteroatoms. The van der Waals surface area contributed by atoms with Crippen molar-refractivity contribution in [3.63, 3.8) is 0 Å². The van der Waals surface area contributed by atoms with Crippen LogP contribution in [0.5, 0.6) is 0 Å². The normalized spacial score (nSPS) is 15.9. The molecule has 1 saturated heterocycles. The number of aryl methyl sites for hydroxylation is 2. The van der Waals surface area contributed by atoms with E-state index in [0.29, 0.717) is 30.8 Å². The summed E-state index contributed by atoms with van der Waals surface area (Å²) in [6.07, 6.45) is 0. The first-order chi connectivity index (χ1) is 11.0. The molecule has 0 spiro atoms. The lowest BCUT2D eigenvalue weighted by molar-refractivity contribution is 0.0617. The molecule has 0 atom stereocenters. The number of aromatic nitrogens is 1. The second-order valence-corrected chi connectivity index (χ2v) is 5.97. The fourth-order valence-corrected chi connectivity index (χ4v) is 2.73. The molecular weight excluding hydrogens is 297 g/mol. The number of amides is 1. The van der Waals surface area contributed by atoms with E-state index in [-0.39, 0.29) is 11.7 Å². The predicted molar refractivity (Wildman–Crippen MR) is 83.6 cm³/mol. The number of hydrogen-bond donors (Lipinski definition) is 0. The fraction of sp³-hybridized carbons (Fsp3) is 0.412. The lowest BCUT2D eigenvalue weighted by atomic mass is 10.1. The minimum absolute atomic E-state index is 0.112. The van der Waals surface area contributed by atoms with Gasteiger partial charge < -0.3 is 9.42 Å². The summed E-state index contributed by atoms with van der Waals surface area (Å²) in [5.74, 6) is 0.386. The summed E-state index contributed by atoms with van der Waals surface area (Å²) >= 11 is 0. The number of rotatable bonds is 3. The number of hydrogen-bond acceptors (Lipinski definition) is 4. The largest absolute Gasteiger partial charge is 0.360 e. The molecule has 1 aromatic carbocycles. The fourth-order valence-electron chi connectivity index (χ4n) is 2.73. The first-order valence-corrected chi connectivity index (χ1v) is 7.73. The molecule has 5 nitrogen and oxygen atoms in total. The standard InChI is InChI=1S/C17H20FN3O2/c1-12-3-4-14(10-16(12)18)17(22)21-7-5-20(6-8-21)11-15-9-13(2)19-23-15/h3-4,9-10H,5-8,11H2,1-2H3. The van der Waals surface area contributed by atoms with Crippen molar-refractivity contribution in [3.05, 3.63) is 52.7 Å². The zero-order valence-electron chi connectivity index (χ0n) is 13.4. The first-order valence-electron chi connectivity index (χ1n) is 7.73. The van der Waals surface area contributed by atoms with Gasteiger partial charge in [0.25, 0.3) is 5.91 Å². The van der Waals surface area contributed by atoms with Gasteiger partial charge in [-0.05, 0) is 31.5 Å². The molecule has 0 aliphatic carbocycles. The molecule has 0 unspecified atom stereocenters. The molecule has 1 aromatic heterocycles. The maximum atomic E-state index is 13.6. The van der Waals surface area contributed by atoms with Crippen LogP contribution in [-0.4, -0.2) is 47.0 Å². The number of halogens is 1. The van der Waals surface area contributed by atoms with E-state index in [1.807, 2.05) is 13.0 Å². The number of carbonyl (C=O) groups excluding carboxylic acids is 1. The molecule has 0 N–H and O–H groups in total. The van der Waals surface area contributed by atoms with Crippen LogP contribution in [0.4, 0.5) is 4.39 Å². The van der Waals surface area contributed by atoms with E-state index in [1.54, 1.807) is 24.0 Å². The Bertz CT molecular complexity index is 706. The average molecular weight is 317 g/mol. The van der Waals surface area contributed by atoms with E-state index in [9.17, 15) is 9.18 Å². The van der Waals surface area contributed by atoms with Gasteiger partial charge in [0, 0.05) is 37.8 Å². The van der Waals surface area contributed by atoms with Crippen LogP contribution in [0.2, 0.25) is 0 Å². The Morgan fingerprint density at radius 2 is 1.96 bits per heavy atom. The lowest BCUT2D eigenvalue weighted by Gasteiger charge is -2.34. The quantitative estimate of drug-likeness (QED) is 0.872. The van der Waals surface area contributed by atoms with E-state index in [0.717, 1.165) is 24.5 Å². The van der Waals surface area contributed by atoms with Gasteiger partial charge in [0.2, 0.25) is 0 Å². The molecule has 122 valence electrons. The number of carbonyl (C=O) groups is 1. The van der Waals surface area contributed by atoms with Crippen molar-refractivity contribution in [2.75, 3.05) is 26.2 Å². The van der Waals surface area contributed by atoms with Crippen LogP contribution in [0.15, 0.2) is 28.8 Å². The summed E-state index contributed by atoms with van der Waals surface area (Å²) < 4.78 is 18.8. The van der Waals surface area contributed by atoms with Gasteiger partial charge >= 0.3 is 0 Å². The van der Waals surface area contributed by atoms with Crippen molar-refractivity contribution in [2.45, 2.75) is 20.4 Å². The highest BCUT2D eigenvalue weighted by atomic mass is 19.1. The van der Waals surface area contributed by atoms with Gasteiger partial charge in [-0.3, -0.25) is 9.69 Å². The molecule has 0 radical (unpaired) electrons. The second kappa shape index (κ2) is 6.50. The third-order valence-electron chi connectivity index (χ3n) is 4.13. The first kappa shape index (κ1) is 15.7. The summed E-state index contributed by atoms with van der Waals surface area (Å²) in [7, 11) is 0. The van der Waals surface area contributed by atoms with Crippen LogP contribution < -0.4 is 0 Å². The van der Waals surface area contributed by atoms with Crippen molar-refractivity contribution in [3.8, 4) is 0 Å². The Morgan fingerprint density at radius 3 is 2.57 bits per heavy atom. The zero-order chi connectivity index (χ0) is 16.4. The van der Waals surface area contributed by atoms with E-state index >= 15 is 0 Å². The van der Waals surface area contributed by atoms with Crippen molar-refractivity contribution in [1.82, 2.24) is 15.0 Å². The van der Waals surface area contributed by atoms with Crippen molar-refractivity contribution >= 4 is 5.91 Å². The van der Waals surface area contributed by atoms with Crippen molar-refractivity contribution in [2.24, 2.45) is 0 Å². The average Bonchev–Trinajstić information content (AvgIpc) is 2.95. The molecule has 3 rings (SSSR count). The Labute approximate surface area is 134 Å². The molecule has 0 bridgehead atoms. The molecule has 1 aliphatic heterocycles. The molecular formula is C17H20FN3O2. The van der Waals surface area contributed by atoms with Crippen LogP contribution in [0, 0.1) is 19.7 Å². The minimum atomic E-state index is -0.338. The zero-order valence-corrected chi connectivity index (χ0v) is 13.4. The summed E-state index contributed by atoms with van der Waals surface area (Å²) in [4.78, 5) is 16.4. The summed E-state index contributed by atoms with van der Waals surface area (Å²) in [5.41, 5.74) is 1.83. The maximum absolute atomic E-state index is 13.6. The maximum Gasteiger partial charge on any atom is 0.254 e. The smallest absolute Gasteiger partial charge is 0.254 e. The van der Waals surface area contributed by atoms with Gasteiger partial charge in [0.1, 0.15) is 5.82 Å². The Kier molecular flexibility index (Phi) is 4.43. The topological polar surface area (TPSA) is 49.6 Å². The van der Waals surface area contributed by atoms with Gasteiger partial charge in [-0.15, -0.1) is 0 Å². The van der Waals surface area contributed by atoms with Gasteiger partial charge in [-0.1, -0.05) is 11.2 Å². The molecule has 1 amide bonds. The summed E-state index contributed by atoms with van der Waals surface area (Å²) in [5, 5.41) is 3.88. The minimum Gasteiger partial charge on any atom is -0.360 e. The molecule has 2 aromatic rings.